The van der Waals surface area contributed by atoms with Gasteiger partial charge in [-0.05, 0) is 30.7 Å². The van der Waals surface area contributed by atoms with Gasteiger partial charge in [0, 0.05) is 36.6 Å². The van der Waals surface area contributed by atoms with Crippen molar-refractivity contribution in [1.29, 1.82) is 0 Å². The molecule has 0 saturated carbocycles. The van der Waals surface area contributed by atoms with Crippen LogP contribution in [0.15, 0.2) is 53.6 Å². The summed E-state index contributed by atoms with van der Waals surface area (Å²) >= 11 is 0. The highest BCUT2D eigenvalue weighted by molar-refractivity contribution is 5.74. The zero-order valence-electron chi connectivity index (χ0n) is 14.6. The third-order valence-electron chi connectivity index (χ3n) is 4.92. The summed E-state index contributed by atoms with van der Waals surface area (Å²) in [6, 6.07) is 11.7. The SMILES string of the molecule is O=c1[nH]c(-c2ccncc2)nc2c1CCN(Cc1nc3ccccc3[nH]1)C2. The van der Waals surface area contributed by atoms with Gasteiger partial charge in [-0.1, -0.05) is 12.1 Å². The molecule has 0 unspecified atom stereocenters. The first-order valence-electron chi connectivity index (χ1n) is 8.95. The third-order valence-corrected chi connectivity index (χ3v) is 4.92. The molecular formula is C20H18N6O. The van der Waals surface area contributed by atoms with Crippen LogP contribution in [0.5, 0.6) is 0 Å². The number of nitrogens with one attached hydrogen (secondary N) is 2. The van der Waals surface area contributed by atoms with Gasteiger partial charge >= 0.3 is 0 Å². The van der Waals surface area contributed by atoms with Crippen LogP contribution in [0, 0.1) is 0 Å². The quantitative estimate of drug-likeness (QED) is 0.586. The summed E-state index contributed by atoms with van der Waals surface area (Å²) in [4.78, 5) is 34.4. The lowest BCUT2D eigenvalue weighted by atomic mass is 10.1. The fourth-order valence-corrected chi connectivity index (χ4v) is 3.57. The molecule has 3 aromatic heterocycles. The summed E-state index contributed by atoms with van der Waals surface area (Å²) < 4.78 is 0. The van der Waals surface area contributed by atoms with Crippen molar-refractivity contribution >= 4 is 11.0 Å². The number of aromatic nitrogens is 5. The van der Waals surface area contributed by atoms with E-state index in [1.807, 2.05) is 36.4 Å². The molecule has 0 radical (unpaired) electrons. The number of fused-ring (bicyclic) bond motifs is 2. The summed E-state index contributed by atoms with van der Waals surface area (Å²) in [5, 5.41) is 0. The Morgan fingerprint density at radius 1 is 1.04 bits per heavy atom. The summed E-state index contributed by atoms with van der Waals surface area (Å²) in [6.07, 6.45) is 4.08. The van der Waals surface area contributed by atoms with Crippen LogP contribution in [0.4, 0.5) is 0 Å². The van der Waals surface area contributed by atoms with Crippen LogP contribution in [0.1, 0.15) is 17.1 Å². The molecule has 4 heterocycles. The summed E-state index contributed by atoms with van der Waals surface area (Å²) in [5.74, 6) is 1.52. The van der Waals surface area contributed by atoms with Crippen LogP contribution in [0.2, 0.25) is 0 Å². The number of pyridine rings is 1. The van der Waals surface area contributed by atoms with E-state index in [9.17, 15) is 4.79 Å². The molecule has 0 fully saturated rings. The largest absolute Gasteiger partial charge is 0.341 e. The van der Waals surface area contributed by atoms with Crippen molar-refractivity contribution in [3.63, 3.8) is 0 Å². The maximum absolute atomic E-state index is 12.5. The molecule has 0 aliphatic carbocycles. The maximum atomic E-state index is 12.5. The van der Waals surface area contributed by atoms with E-state index in [0.29, 0.717) is 25.3 Å². The van der Waals surface area contributed by atoms with Crippen molar-refractivity contribution in [2.45, 2.75) is 19.5 Å². The molecule has 0 amide bonds. The predicted molar refractivity (Wildman–Crippen MR) is 102 cm³/mol. The average molecular weight is 358 g/mol. The van der Waals surface area contributed by atoms with Crippen LogP contribution < -0.4 is 5.56 Å². The zero-order valence-corrected chi connectivity index (χ0v) is 14.6. The highest BCUT2D eigenvalue weighted by Gasteiger charge is 2.22. The van der Waals surface area contributed by atoms with E-state index >= 15 is 0 Å². The molecular weight excluding hydrogens is 340 g/mol. The molecule has 0 spiro atoms. The number of aromatic amines is 2. The highest BCUT2D eigenvalue weighted by atomic mass is 16.1. The average Bonchev–Trinajstić information content (AvgIpc) is 3.10. The molecule has 0 bridgehead atoms. The standard InChI is InChI=1S/C20H18N6O/c27-20-14-7-10-26(12-18-22-15-3-1-2-4-16(15)23-18)11-17(14)24-19(25-20)13-5-8-21-9-6-13/h1-6,8-9H,7,10-12H2,(H,22,23)(H,24,25,27). The second kappa shape index (κ2) is 6.44. The van der Waals surface area contributed by atoms with Crippen molar-refractivity contribution in [3.05, 3.63) is 76.2 Å². The van der Waals surface area contributed by atoms with E-state index in [0.717, 1.165) is 40.2 Å². The Hall–Kier alpha value is -3.32. The van der Waals surface area contributed by atoms with Gasteiger partial charge in [0.05, 0.1) is 23.3 Å². The Morgan fingerprint density at radius 2 is 1.89 bits per heavy atom. The Balaban J connectivity index is 1.43. The minimum absolute atomic E-state index is 0.0461. The smallest absolute Gasteiger partial charge is 0.254 e. The lowest BCUT2D eigenvalue weighted by molar-refractivity contribution is 0.235. The molecule has 4 aromatic rings. The van der Waals surface area contributed by atoms with Crippen molar-refractivity contribution < 1.29 is 0 Å². The molecule has 0 saturated heterocycles. The van der Waals surface area contributed by atoms with Crippen molar-refractivity contribution in [2.24, 2.45) is 0 Å². The van der Waals surface area contributed by atoms with Gasteiger partial charge < -0.3 is 9.97 Å². The molecule has 27 heavy (non-hydrogen) atoms. The van der Waals surface area contributed by atoms with Crippen LogP contribution in [0.25, 0.3) is 22.4 Å². The fourth-order valence-electron chi connectivity index (χ4n) is 3.57. The van der Waals surface area contributed by atoms with Gasteiger partial charge in [-0.3, -0.25) is 14.7 Å². The van der Waals surface area contributed by atoms with E-state index in [2.05, 4.69) is 24.8 Å². The molecule has 5 rings (SSSR count). The van der Waals surface area contributed by atoms with Gasteiger partial charge in [-0.25, -0.2) is 9.97 Å². The Morgan fingerprint density at radius 3 is 2.74 bits per heavy atom. The number of hydrogen-bond donors (Lipinski definition) is 2. The Kier molecular flexibility index (Phi) is 3.79. The number of H-pyrrole nitrogens is 2. The van der Waals surface area contributed by atoms with Gasteiger partial charge in [0.1, 0.15) is 11.6 Å². The number of nitrogens with zero attached hydrogens (tertiary/aromatic N) is 4. The first-order valence-corrected chi connectivity index (χ1v) is 8.95. The van der Waals surface area contributed by atoms with Crippen LogP contribution >= 0.6 is 0 Å². The Labute approximate surface area is 155 Å². The second-order valence-corrected chi connectivity index (χ2v) is 6.74. The maximum Gasteiger partial charge on any atom is 0.254 e. The summed E-state index contributed by atoms with van der Waals surface area (Å²) in [5.41, 5.74) is 4.45. The first-order chi connectivity index (χ1) is 13.3. The van der Waals surface area contributed by atoms with Gasteiger partial charge in [-0.2, -0.15) is 0 Å². The third kappa shape index (κ3) is 3.02. The molecule has 7 nitrogen and oxygen atoms in total. The number of rotatable bonds is 3. The van der Waals surface area contributed by atoms with Crippen LogP contribution in [-0.4, -0.2) is 36.4 Å². The van der Waals surface area contributed by atoms with Crippen molar-refractivity contribution in [3.8, 4) is 11.4 Å². The van der Waals surface area contributed by atoms with Gasteiger partial charge in [0.25, 0.3) is 5.56 Å². The first kappa shape index (κ1) is 15.9. The molecule has 0 atom stereocenters. The molecule has 1 aromatic carbocycles. The number of benzene rings is 1. The summed E-state index contributed by atoms with van der Waals surface area (Å²) in [6.45, 7) is 2.14. The lowest BCUT2D eigenvalue weighted by Gasteiger charge is -2.26. The van der Waals surface area contributed by atoms with E-state index in [-0.39, 0.29) is 5.56 Å². The number of imidazole rings is 1. The fraction of sp³-hybridized carbons (Fsp3) is 0.200. The van der Waals surface area contributed by atoms with E-state index in [1.165, 1.54) is 0 Å². The summed E-state index contributed by atoms with van der Waals surface area (Å²) in [7, 11) is 0. The predicted octanol–water partition coefficient (Wildman–Crippen LogP) is 2.27. The van der Waals surface area contributed by atoms with Gasteiger partial charge in [-0.15, -0.1) is 0 Å². The van der Waals surface area contributed by atoms with Crippen molar-refractivity contribution in [2.75, 3.05) is 6.54 Å². The monoisotopic (exact) mass is 358 g/mol. The normalized spacial score (nSPS) is 14.4. The van der Waals surface area contributed by atoms with Gasteiger partial charge in [0.15, 0.2) is 0 Å². The molecule has 1 aliphatic rings. The topological polar surface area (TPSA) is 90.6 Å². The van der Waals surface area contributed by atoms with Crippen LogP contribution in [-0.2, 0) is 19.5 Å². The lowest BCUT2D eigenvalue weighted by Crippen LogP contribution is -2.35. The minimum atomic E-state index is -0.0461. The van der Waals surface area contributed by atoms with E-state index in [1.54, 1.807) is 12.4 Å². The van der Waals surface area contributed by atoms with E-state index < -0.39 is 0 Å². The minimum Gasteiger partial charge on any atom is -0.341 e. The molecule has 1 aliphatic heterocycles. The second-order valence-electron chi connectivity index (χ2n) is 6.74. The molecule has 134 valence electrons. The van der Waals surface area contributed by atoms with Gasteiger partial charge in [0.2, 0.25) is 0 Å². The van der Waals surface area contributed by atoms with Crippen molar-refractivity contribution in [1.82, 2.24) is 29.8 Å². The highest BCUT2D eigenvalue weighted by Crippen LogP contribution is 2.20. The molecule has 2 N–H and O–H groups in total. The number of hydrogen-bond acceptors (Lipinski definition) is 5. The van der Waals surface area contributed by atoms with E-state index in [4.69, 9.17) is 4.98 Å². The molecule has 7 heteroatoms. The van der Waals surface area contributed by atoms with Crippen LogP contribution in [0.3, 0.4) is 0 Å². The zero-order chi connectivity index (χ0) is 18.2. The number of para-hydroxylation sites is 2. The Bertz CT molecular complexity index is 1130.